The Morgan fingerprint density at radius 2 is 1.66 bits per heavy atom. The van der Waals surface area contributed by atoms with Gasteiger partial charge >= 0.3 is 0 Å². The summed E-state index contributed by atoms with van der Waals surface area (Å²) < 4.78 is 7.56. The minimum Gasteiger partial charge on any atom is -0.496 e. The van der Waals surface area contributed by atoms with Crippen molar-refractivity contribution >= 4 is 11.8 Å². The molecule has 1 heterocycles. The largest absolute Gasteiger partial charge is 0.496 e. The molecule has 3 aromatic carbocycles. The number of rotatable bonds is 6. The summed E-state index contributed by atoms with van der Waals surface area (Å²) in [5.41, 5.74) is 3.49. The van der Waals surface area contributed by atoms with Crippen LogP contribution in [-0.4, -0.2) is 21.9 Å². The van der Waals surface area contributed by atoms with Gasteiger partial charge < -0.3 is 4.74 Å². The third kappa shape index (κ3) is 3.86. The Hall–Kier alpha value is -3.56. The van der Waals surface area contributed by atoms with Gasteiger partial charge in [-0.15, -0.1) is 10.2 Å². The van der Waals surface area contributed by atoms with Gasteiger partial charge in [-0.2, -0.15) is 5.26 Å². The average molecular weight is 398 g/mol. The minimum absolute atomic E-state index is 0.626. The monoisotopic (exact) mass is 398 g/mol. The van der Waals surface area contributed by atoms with Crippen LogP contribution >= 0.6 is 11.8 Å². The first-order chi connectivity index (χ1) is 14.3. The fourth-order valence-electron chi connectivity index (χ4n) is 3.07. The number of nitriles is 1. The third-order valence-corrected chi connectivity index (χ3v) is 5.47. The lowest BCUT2D eigenvalue weighted by atomic mass is 10.1. The number of aromatic nitrogens is 3. The van der Waals surface area contributed by atoms with E-state index in [-0.39, 0.29) is 0 Å². The van der Waals surface area contributed by atoms with Gasteiger partial charge in [0.2, 0.25) is 0 Å². The number of methoxy groups -OCH3 is 1. The lowest BCUT2D eigenvalue weighted by Gasteiger charge is -2.12. The Bertz CT molecular complexity index is 1160. The van der Waals surface area contributed by atoms with E-state index in [1.165, 1.54) is 0 Å². The first-order valence-electron chi connectivity index (χ1n) is 9.07. The van der Waals surface area contributed by atoms with Gasteiger partial charge in [0.05, 0.1) is 24.3 Å². The predicted octanol–water partition coefficient (Wildman–Crippen LogP) is 5.11. The number of benzene rings is 3. The average Bonchev–Trinajstić information content (AvgIpc) is 3.22. The summed E-state index contributed by atoms with van der Waals surface area (Å²) in [6.45, 7) is 0. The van der Waals surface area contributed by atoms with Crippen LogP contribution in [0.15, 0.2) is 84.0 Å². The van der Waals surface area contributed by atoms with Crippen molar-refractivity contribution < 1.29 is 4.74 Å². The molecular weight excluding hydrogens is 380 g/mol. The number of nitrogens with zero attached hydrogens (tertiary/aromatic N) is 4. The molecule has 0 radical (unpaired) electrons. The van der Waals surface area contributed by atoms with Gasteiger partial charge in [-0.25, -0.2) is 0 Å². The van der Waals surface area contributed by atoms with Gasteiger partial charge in [-0.3, -0.25) is 4.57 Å². The van der Waals surface area contributed by atoms with Crippen LogP contribution in [0.3, 0.4) is 0 Å². The second-order valence-corrected chi connectivity index (χ2v) is 7.18. The molecule has 4 rings (SSSR count). The summed E-state index contributed by atoms with van der Waals surface area (Å²) in [7, 11) is 1.65. The van der Waals surface area contributed by atoms with Gasteiger partial charge in [-0.05, 0) is 35.9 Å². The van der Waals surface area contributed by atoms with E-state index in [0.717, 1.165) is 27.7 Å². The highest BCUT2D eigenvalue weighted by Gasteiger charge is 2.19. The van der Waals surface area contributed by atoms with Crippen molar-refractivity contribution in [3.63, 3.8) is 0 Å². The van der Waals surface area contributed by atoms with Crippen LogP contribution in [0.25, 0.3) is 17.1 Å². The molecule has 0 aliphatic rings. The number of hydrogen-bond acceptors (Lipinski definition) is 5. The van der Waals surface area contributed by atoms with Gasteiger partial charge in [0.15, 0.2) is 11.0 Å². The lowest BCUT2D eigenvalue weighted by Crippen LogP contribution is -2.01. The van der Waals surface area contributed by atoms with Crippen LogP contribution < -0.4 is 4.74 Å². The zero-order valence-corrected chi connectivity index (χ0v) is 16.6. The Labute approximate surface area is 173 Å². The van der Waals surface area contributed by atoms with Gasteiger partial charge in [0.1, 0.15) is 5.75 Å². The van der Waals surface area contributed by atoms with E-state index in [1.54, 1.807) is 18.9 Å². The number of thioether (sulfide) groups is 1. The van der Waals surface area contributed by atoms with Crippen LogP contribution in [0, 0.1) is 11.3 Å². The summed E-state index contributed by atoms with van der Waals surface area (Å²) in [5, 5.41) is 19.0. The van der Waals surface area contributed by atoms with Crippen molar-refractivity contribution in [2.75, 3.05) is 7.11 Å². The van der Waals surface area contributed by atoms with Gasteiger partial charge in [0, 0.05) is 11.4 Å². The number of para-hydroxylation sites is 2. The predicted molar refractivity (Wildman–Crippen MR) is 114 cm³/mol. The quantitative estimate of drug-likeness (QED) is 0.423. The van der Waals surface area contributed by atoms with Crippen molar-refractivity contribution in [2.24, 2.45) is 0 Å². The molecular formula is C23H18N4OS. The molecule has 142 valence electrons. The fraction of sp³-hybridized carbons (Fsp3) is 0.0870. The molecule has 5 nitrogen and oxygen atoms in total. The summed E-state index contributed by atoms with van der Waals surface area (Å²) in [5.74, 6) is 2.08. The Balaban J connectivity index is 1.77. The highest BCUT2D eigenvalue weighted by molar-refractivity contribution is 7.98. The summed E-state index contributed by atoms with van der Waals surface area (Å²) in [4.78, 5) is 0. The SMILES string of the molecule is COc1ccccc1-c1nnc(SCc2ccccc2C#N)n1-c1ccccc1. The minimum atomic E-state index is 0.626. The van der Waals surface area contributed by atoms with Crippen molar-refractivity contribution in [3.8, 4) is 28.9 Å². The third-order valence-electron chi connectivity index (χ3n) is 4.49. The normalized spacial score (nSPS) is 10.5. The molecule has 0 atom stereocenters. The molecule has 0 N–H and O–H groups in total. The van der Waals surface area contributed by atoms with Gasteiger partial charge in [0.25, 0.3) is 0 Å². The Morgan fingerprint density at radius 1 is 0.931 bits per heavy atom. The van der Waals surface area contributed by atoms with Crippen molar-refractivity contribution in [1.29, 1.82) is 5.26 Å². The summed E-state index contributed by atoms with van der Waals surface area (Å²) >= 11 is 1.55. The van der Waals surface area contributed by atoms with Crippen LogP contribution in [0.2, 0.25) is 0 Å². The van der Waals surface area contributed by atoms with Gasteiger partial charge in [-0.1, -0.05) is 60.3 Å². The van der Waals surface area contributed by atoms with E-state index in [9.17, 15) is 5.26 Å². The Morgan fingerprint density at radius 3 is 2.45 bits per heavy atom. The standard InChI is InChI=1S/C23H18N4OS/c1-28-21-14-8-7-13-20(21)22-25-26-23(27(22)19-11-3-2-4-12-19)29-16-18-10-6-5-9-17(18)15-24/h2-14H,16H2,1H3. The maximum absolute atomic E-state index is 9.35. The van der Waals surface area contributed by atoms with Crippen LogP contribution in [0.1, 0.15) is 11.1 Å². The molecule has 0 aliphatic heterocycles. The van der Waals surface area contributed by atoms with Crippen molar-refractivity contribution in [1.82, 2.24) is 14.8 Å². The van der Waals surface area contributed by atoms with E-state index in [0.29, 0.717) is 17.1 Å². The maximum Gasteiger partial charge on any atom is 0.196 e. The zero-order valence-electron chi connectivity index (χ0n) is 15.8. The summed E-state index contributed by atoms with van der Waals surface area (Å²) in [6.07, 6.45) is 0. The fourth-order valence-corrected chi connectivity index (χ4v) is 4.03. The highest BCUT2D eigenvalue weighted by atomic mass is 32.2. The van der Waals surface area contributed by atoms with E-state index >= 15 is 0 Å². The van der Waals surface area contributed by atoms with Crippen molar-refractivity contribution in [2.45, 2.75) is 10.9 Å². The Kier molecular flexibility index (Phi) is 5.59. The molecule has 0 fully saturated rings. The van der Waals surface area contributed by atoms with Crippen LogP contribution in [-0.2, 0) is 5.75 Å². The van der Waals surface area contributed by atoms with Crippen molar-refractivity contribution in [3.05, 3.63) is 90.0 Å². The van der Waals surface area contributed by atoms with E-state index in [1.807, 2.05) is 83.4 Å². The highest BCUT2D eigenvalue weighted by Crippen LogP contribution is 2.34. The number of hydrogen-bond donors (Lipinski definition) is 0. The summed E-state index contributed by atoms with van der Waals surface area (Å²) in [6, 6.07) is 27.6. The van der Waals surface area contributed by atoms with E-state index < -0.39 is 0 Å². The molecule has 0 unspecified atom stereocenters. The first kappa shape index (κ1) is 18.8. The molecule has 29 heavy (non-hydrogen) atoms. The molecule has 0 spiro atoms. The topological polar surface area (TPSA) is 63.7 Å². The number of ether oxygens (including phenoxy) is 1. The molecule has 4 aromatic rings. The van der Waals surface area contributed by atoms with E-state index in [2.05, 4.69) is 16.3 Å². The van der Waals surface area contributed by atoms with Crippen LogP contribution in [0.5, 0.6) is 5.75 Å². The lowest BCUT2D eigenvalue weighted by molar-refractivity contribution is 0.416. The first-order valence-corrected chi connectivity index (χ1v) is 10.1. The smallest absolute Gasteiger partial charge is 0.196 e. The maximum atomic E-state index is 9.35. The molecule has 6 heteroatoms. The second kappa shape index (κ2) is 8.63. The molecule has 0 bridgehead atoms. The molecule has 0 saturated carbocycles. The second-order valence-electron chi connectivity index (χ2n) is 6.24. The van der Waals surface area contributed by atoms with E-state index in [4.69, 9.17) is 4.74 Å². The molecule has 0 amide bonds. The van der Waals surface area contributed by atoms with Crippen LogP contribution in [0.4, 0.5) is 0 Å². The molecule has 0 aliphatic carbocycles. The molecule has 0 saturated heterocycles. The zero-order chi connectivity index (χ0) is 20.1. The molecule has 1 aromatic heterocycles.